The number of amides is 1. The SMILES string of the molecule is NC(=O)c1ccc2nc(C3=CC=C(OCC4CCNCC4)C=CC3)[nH]c2c1. The van der Waals surface area contributed by atoms with Gasteiger partial charge in [0, 0.05) is 5.56 Å². The van der Waals surface area contributed by atoms with Crippen LogP contribution in [0, 0.1) is 5.92 Å². The van der Waals surface area contributed by atoms with Crippen LogP contribution in [0.5, 0.6) is 0 Å². The number of fused-ring (bicyclic) bond motifs is 1. The van der Waals surface area contributed by atoms with Crippen molar-refractivity contribution in [3.05, 3.63) is 59.7 Å². The molecule has 1 amide bonds. The molecule has 2 aromatic rings. The molecule has 0 saturated carbocycles. The molecule has 1 aliphatic carbocycles. The molecule has 6 nitrogen and oxygen atoms in total. The molecule has 4 rings (SSSR count). The lowest BCUT2D eigenvalue weighted by Gasteiger charge is -2.22. The number of hydrogen-bond acceptors (Lipinski definition) is 4. The summed E-state index contributed by atoms with van der Waals surface area (Å²) >= 11 is 0. The van der Waals surface area contributed by atoms with Crippen molar-refractivity contribution in [1.29, 1.82) is 0 Å². The molecule has 140 valence electrons. The van der Waals surface area contributed by atoms with Gasteiger partial charge in [0.1, 0.15) is 11.6 Å². The fraction of sp³-hybridized carbons (Fsp3) is 0.333. The number of carbonyl (C=O) groups is 1. The molecule has 1 aromatic heterocycles. The first-order valence-electron chi connectivity index (χ1n) is 9.40. The number of imidazole rings is 1. The first-order chi connectivity index (χ1) is 13.2. The van der Waals surface area contributed by atoms with Gasteiger partial charge < -0.3 is 20.8 Å². The van der Waals surface area contributed by atoms with Crippen molar-refractivity contribution in [2.45, 2.75) is 19.3 Å². The van der Waals surface area contributed by atoms with Crippen LogP contribution in [0.25, 0.3) is 16.6 Å². The minimum Gasteiger partial charge on any atom is -0.493 e. The number of nitrogens with zero attached hydrogens (tertiary/aromatic N) is 1. The molecule has 0 unspecified atom stereocenters. The van der Waals surface area contributed by atoms with E-state index in [0.717, 1.165) is 54.3 Å². The molecule has 2 aliphatic rings. The van der Waals surface area contributed by atoms with Crippen molar-refractivity contribution >= 4 is 22.5 Å². The van der Waals surface area contributed by atoms with Crippen LogP contribution < -0.4 is 11.1 Å². The Hall–Kier alpha value is -2.86. The van der Waals surface area contributed by atoms with E-state index < -0.39 is 5.91 Å². The monoisotopic (exact) mass is 364 g/mol. The smallest absolute Gasteiger partial charge is 0.248 e. The number of ether oxygens (including phenoxy) is 1. The largest absolute Gasteiger partial charge is 0.493 e. The predicted molar refractivity (Wildman–Crippen MR) is 106 cm³/mol. The third-order valence-corrected chi connectivity index (χ3v) is 5.08. The molecule has 1 saturated heterocycles. The molecule has 0 bridgehead atoms. The van der Waals surface area contributed by atoms with Gasteiger partial charge in [-0.3, -0.25) is 4.79 Å². The normalized spacial score (nSPS) is 18.1. The van der Waals surface area contributed by atoms with Crippen molar-refractivity contribution in [3.8, 4) is 0 Å². The van der Waals surface area contributed by atoms with Crippen molar-refractivity contribution in [3.63, 3.8) is 0 Å². The average Bonchev–Trinajstić information content (AvgIpc) is 2.97. The number of primary amides is 1. The first-order valence-corrected chi connectivity index (χ1v) is 9.40. The average molecular weight is 364 g/mol. The number of aromatic amines is 1. The van der Waals surface area contributed by atoms with Crippen molar-refractivity contribution in [2.24, 2.45) is 11.7 Å². The summed E-state index contributed by atoms with van der Waals surface area (Å²) in [5.74, 6) is 1.87. The minimum atomic E-state index is -0.442. The second-order valence-electron chi connectivity index (χ2n) is 7.05. The van der Waals surface area contributed by atoms with Gasteiger partial charge in [-0.1, -0.05) is 12.2 Å². The van der Waals surface area contributed by atoms with Crippen LogP contribution in [0.3, 0.4) is 0 Å². The predicted octanol–water partition coefficient (Wildman–Crippen LogP) is 2.91. The molecule has 0 spiro atoms. The van der Waals surface area contributed by atoms with Crippen LogP contribution in [-0.2, 0) is 4.74 Å². The highest BCUT2D eigenvalue weighted by atomic mass is 16.5. The molecule has 1 fully saturated rings. The summed E-state index contributed by atoms with van der Waals surface area (Å²) < 4.78 is 6.01. The lowest BCUT2D eigenvalue weighted by atomic mass is 9.99. The molecule has 0 radical (unpaired) electrons. The number of allylic oxidation sites excluding steroid dienone is 5. The van der Waals surface area contributed by atoms with Gasteiger partial charge in [0.2, 0.25) is 5.91 Å². The lowest BCUT2D eigenvalue weighted by molar-refractivity contribution is 0.100. The number of nitrogens with one attached hydrogen (secondary N) is 2. The van der Waals surface area contributed by atoms with Gasteiger partial charge in [-0.05, 0) is 74.2 Å². The maximum absolute atomic E-state index is 11.4. The molecular weight excluding hydrogens is 340 g/mol. The highest BCUT2D eigenvalue weighted by Gasteiger charge is 2.14. The molecular formula is C21H24N4O2. The summed E-state index contributed by atoms with van der Waals surface area (Å²) in [4.78, 5) is 19.3. The van der Waals surface area contributed by atoms with Crippen LogP contribution in [0.15, 0.2) is 48.3 Å². The Bertz CT molecular complexity index is 933. The Balaban J connectivity index is 1.49. The van der Waals surface area contributed by atoms with Crippen molar-refractivity contribution in [1.82, 2.24) is 15.3 Å². The highest BCUT2D eigenvalue weighted by Crippen LogP contribution is 2.24. The lowest BCUT2D eigenvalue weighted by Crippen LogP contribution is -2.29. The Kier molecular flexibility index (Phi) is 5.07. The second-order valence-corrected chi connectivity index (χ2v) is 7.05. The third kappa shape index (κ3) is 4.11. The van der Waals surface area contributed by atoms with E-state index in [4.69, 9.17) is 10.5 Å². The summed E-state index contributed by atoms with van der Waals surface area (Å²) in [5, 5.41) is 3.38. The molecule has 6 heteroatoms. The number of carbonyl (C=O) groups excluding carboxylic acids is 1. The first kappa shape index (κ1) is 17.5. The Morgan fingerprint density at radius 3 is 2.93 bits per heavy atom. The minimum absolute atomic E-state index is 0.442. The van der Waals surface area contributed by atoms with Gasteiger partial charge in [-0.2, -0.15) is 0 Å². The van der Waals surface area contributed by atoms with Gasteiger partial charge in [0.05, 0.1) is 17.6 Å². The topological polar surface area (TPSA) is 93.0 Å². The van der Waals surface area contributed by atoms with Crippen LogP contribution in [-0.4, -0.2) is 35.6 Å². The molecule has 4 N–H and O–H groups in total. The van der Waals surface area contributed by atoms with E-state index in [-0.39, 0.29) is 0 Å². The molecule has 27 heavy (non-hydrogen) atoms. The zero-order valence-electron chi connectivity index (χ0n) is 15.2. The van der Waals surface area contributed by atoms with Crippen molar-refractivity contribution in [2.75, 3.05) is 19.7 Å². The van der Waals surface area contributed by atoms with E-state index in [9.17, 15) is 4.79 Å². The van der Waals surface area contributed by atoms with Crippen LogP contribution in [0.4, 0.5) is 0 Å². The van der Waals surface area contributed by atoms with Crippen molar-refractivity contribution < 1.29 is 9.53 Å². The van der Waals surface area contributed by atoms with Gasteiger partial charge >= 0.3 is 0 Å². The van der Waals surface area contributed by atoms with E-state index in [0.29, 0.717) is 11.5 Å². The summed E-state index contributed by atoms with van der Waals surface area (Å²) in [5.41, 5.74) is 8.52. The Labute approximate surface area is 158 Å². The number of H-pyrrole nitrogens is 1. The second kappa shape index (κ2) is 7.80. The Morgan fingerprint density at radius 1 is 1.26 bits per heavy atom. The maximum Gasteiger partial charge on any atom is 0.248 e. The number of hydrogen-bond donors (Lipinski definition) is 3. The summed E-state index contributed by atoms with van der Waals surface area (Å²) in [6.07, 6.45) is 11.3. The quantitative estimate of drug-likeness (QED) is 0.760. The molecule has 2 heterocycles. The fourth-order valence-electron chi connectivity index (χ4n) is 3.46. The van der Waals surface area contributed by atoms with Crippen LogP contribution >= 0.6 is 0 Å². The number of benzene rings is 1. The number of aromatic nitrogens is 2. The molecule has 0 atom stereocenters. The van der Waals surface area contributed by atoms with Crippen LogP contribution in [0.2, 0.25) is 0 Å². The zero-order valence-corrected chi connectivity index (χ0v) is 15.2. The highest BCUT2D eigenvalue weighted by molar-refractivity contribution is 5.96. The summed E-state index contributed by atoms with van der Waals surface area (Å²) in [6.45, 7) is 2.93. The summed E-state index contributed by atoms with van der Waals surface area (Å²) in [6, 6.07) is 5.25. The number of nitrogens with two attached hydrogens (primary N) is 1. The maximum atomic E-state index is 11.4. The summed E-state index contributed by atoms with van der Waals surface area (Å²) in [7, 11) is 0. The van der Waals surface area contributed by atoms with Gasteiger partial charge in [0.25, 0.3) is 0 Å². The Morgan fingerprint density at radius 2 is 2.11 bits per heavy atom. The molecule has 1 aromatic carbocycles. The van der Waals surface area contributed by atoms with E-state index in [1.165, 1.54) is 12.8 Å². The number of piperidine rings is 1. The molecule has 1 aliphatic heterocycles. The van der Waals surface area contributed by atoms with Gasteiger partial charge in [0.15, 0.2) is 0 Å². The van der Waals surface area contributed by atoms with E-state index in [1.807, 2.05) is 24.3 Å². The fourth-order valence-corrected chi connectivity index (χ4v) is 3.46. The van der Waals surface area contributed by atoms with E-state index in [2.05, 4.69) is 21.4 Å². The number of rotatable bonds is 5. The zero-order chi connectivity index (χ0) is 18.6. The third-order valence-electron chi connectivity index (χ3n) is 5.08. The van der Waals surface area contributed by atoms with Gasteiger partial charge in [-0.25, -0.2) is 4.98 Å². The van der Waals surface area contributed by atoms with Crippen LogP contribution in [0.1, 0.15) is 35.4 Å². The van der Waals surface area contributed by atoms with E-state index in [1.54, 1.807) is 12.1 Å². The standard InChI is InChI=1S/C21H24N4O2/c22-20(26)16-5-7-18-19(12-16)25-21(24-18)15-2-1-3-17(6-4-15)27-13-14-8-10-23-11-9-14/h1,3-7,12,14,23H,2,8-11,13H2,(H2,22,26)(H,24,25). The van der Waals surface area contributed by atoms with E-state index >= 15 is 0 Å². The van der Waals surface area contributed by atoms with Gasteiger partial charge in [-0.15, -0.1) is 0 Å².